The molecule has 2 heterocycles. The molecule has 0 atom stereocenters. The third-order valence-corrected chi connectivity index (χ3v) is 6.24. The molecule has 33 heavy (non-hydrogen) atoms. The SMILES string of the molecule is CCCc1nc(NCc2ccc(OC)cc2)c2c(n1)n(Cc1ccc(C)c(Cl)c1)c(=O)n2S. The van der Waals surface area contributed by atoms with Gasteiger partial charge in [-0.05, 0) is 48.2 Å². The molecule has 2 aromatic carbocycles. The smallest absolute Gasteiger partial charge is 0.340 e. The molecule has 0 aliphatic rings. The fraction of sp³-hybridized carbons (Fsp3) is 0.292. The van der Waals surface area contributed by atoms with Gasteiger partial charge in [0.1, 0.15) is 17.1 Å². The molecule has 9 heteroatoms. The third-order valence-electron chi connectivity index (χ3n) is 5.46. The number of anilines is 1. The van der Waals surface area contributed by atoms with Crippen LogP contribution in [0.15, 0.2) is 47.3 Å². The molecule has 0 saturated carbocycles. The number of nitrogens with zero attached hydrogens (tertiary/aromatic N) is 4. The number of benzene rings is 2. The Labute approximate surface area is 202 Å². The summed E-state index contributed by atoms with van der Waals surface area (Å²) in [4.78, 5) is 22.5. The lowest BCUT2D eigenvalue weighted by atomic mass is 10.1. The van der Waals surface area contributed by atoms with Gasteiger partial charge in [-0.1, -0.05) is 55.6 Å². The van der Waals surface area contributed by atoms with Crippen LogP contribution in [0.3, 0.4) is 0 Å². The van der Waals surface area contributed by atoms with Crippen LogP contribution in [-0.2, 0) is 19.5 Å². The number of aromatic nitrogens is 4. The summed E-state index contributed by atoms with van der Waals surface area (Å²) in [6, 6.07) is 13.6. The average Bonchev–Trinajstić information content (AvgIpc) is 3.05. The van der Waals surface area contributed by atoms with Gasteiger partial charge in [-0.15, -0.1) is 0 Å². The Bertz CT molecular complexity index is 1350. The van der Waals surface area contributed by atoms with Gasteiger partial charge in [0.25, 0.3) is 0 Å². The number of hydrogen-bond acceptors (Lipinski definition) is 6. The molecule has 0 unspecified atom stereocenters. The first kappa shape index (κ1) is 23.2. The maximum absolute atomic E-state index is 13.1. The maximum Gasteiger partial charge on any atom is 0.340 e. The fourth-order valence-electron chi connectivity index (χ4n) is 3.62. The van der Waals surface area contributed by atoms with E-state index < -0.39 is 0 Å². The molecule has 0 radical (unpaired) electrons. The normalized spacial score (nSPS) is 11.2. The van der Waals surface area contributed by atoms with Crippen LogP contribution >= 0.6 is 24.4 Å². The van der Waals surface area contributed by atoms with Crippen LogP contribution in [0.25, 0.3) is 11.2 Å². The van der Waals surface area contributed by atoms with Crippen molar-refractivity contribution in [1.82, 2.24) is 18.5 Å². The number of halogens is 1. The van der Waals surface area contributed by atoms with Gasteiger partial charge in [-0.2, -0.15) is 0 Å². The van der Waals surface area contributed by atoms with Crippen LogP contribution in [0.5, 0.6) is 5.75 Å². The highest BCUT2D eigenvalue weighted by Crippen LogP contribution is 2.24. The molecule has 0 aliphatic heterocycles. The molecular formula is C24H26ClN5O2S. The van der Waals surface area contributed by atoms with Gasteiger partial charge in [0.2, 0.25) is 0 Å². The summed E-state index contributed by atoms with van der Waals surface area (Å²) < 4.78 is 8.14. The summed E-state index contributed by atoms with van der Waals surface area (Å²) in [6.45, 7) is 4.89. The van der Waals surface area contributed by atoms with Gasteiger partial charge in [-0.3, -0.25) is 4.57 Å². The van der Waals surface area contributed by atoms with Crippen LogP contribution in [0.2, 0.25) is 5.02 Å². The molecule has 0 fully saturated rings. The zero-order valence-corrected chi connectivity index (χ0v) is 20.5. The number of ether oxygens (including phenoxy) is 1. The second-order valence-corrected chi connectivity index (χ2v) is 8.68. The van der Waals surface area contributed by atoms with Crippen LogP contribution in [-0.4, -0.2) is 25.6 Å². The van der Waals surface area contributed by atoms with Gasteiger partial charge in [0, 0.05) is 18.0 Å². The Morgan fingerprint density at radius 2 is 1.85 bits per heavy atom. The van der Waals surface area contributed by atoms with Crippen molar-refractivity contribution in [3.63, 3.8) is 0 Å². The number of hydrogen-bond donors (Lipinski definition) is 2. The minimum atomic E-state index is -0.277. The largest absolute Gasteiger partial charge is 0.497 e. The number of fused-ring (bicyclic) bond motifs is 1. The molecule has 4 aromatic rings. The van der Waals surface area contributed by atoms with Crippen molar-refractivity contribution in [2.45, 2.75) is 39.8 Å². The summed E-state index contributed by atoms with van der Waals surface area (Å²) in [5, 5.41) is 4.03. The topological polar surface area (TPSA) is 74.0 Å². The molecule has 1 N–H and O–H groups in total. The highest BCUT2D eigenvalue weighted by molar-refractivity contribution is 7.78. The molecule has 2 aromatic heterocycles. The molecule has 4 rings (SSSR count). The molecule has 172 valence electrons. The second-order valence-electron chi connectivity index (χ2n) is 7.88. The lowest BCUT2D eigenvalue weighted by Gasteiger charge is -2.11. The number of imidazole rings is 1. The quantitative estimate of drug-likeness (QED) is 0.350. The number of methoxy groups -OCH3 is 1. The third kappa shape index (κ3) is 4.86. The van der Waals surface area contributed by atoms with E-state index in [1.54, 1.807) is 11.7 Å². The zero-order valence-electron chi connectivity index (χ0n) is 18.8. The first-order chi connectivity index (χ1) is 15.9. The highest BCUT2D eigenvalue weighted by atomic mass is 35.5. The van der Waals surface area contributed by atoms with Crippen LogP contribution in [0.4, 0.5) is 5.82 Å². The number of rotatable bonds is 8. The molecule has 7 nitrogen and oxygen atoms in total. The van der Waals surface area contributed by atoms with Crippen LogP contribution in [0, 0.1) is 6.92 Å². The van der Waals surface area contributed by atoms with Crippen molar-refractivity contribution in [3.8, 4) is 5.75 Å². The summed E-state index contributed by atoms with van der Waals surface area (Å²) in [5.41, 5.74) is 3.78. The lowest BCUT2D eigenvalue weighted by molar-refractivity contribution is 0.414. The molecule has 0 spiro atoms. The van der Waals surface area contributed by atoms with E-state index in [0.717, 1.165) is 28.9 Å². The number of nitrogens with one attached hydrogen (secondary N) is 1. The Morgan fingerprint density at radius 1 is 1.12 bits per heavy atom. The van der Waals surface area contributed by atoms with Gasteiger partial charge < -0.3 is 10.1 Å². The summed E-state index contributed by atoms with van der Waals surface area (Å²) in [7, 11) is 1.64. The van der Waals surface area contributed by atoms with E-state index in [4.69, 9.17) is 26.3 Å². The molecule has 0 amide bonds. The Balaban J connectivity index is 1.75. The molecular weight excluding hydrogens is 458 g/mol. The maximum atomic E-state index is 13.1. The standard InChI is InChI=1S/C24H26ClN5O2S/c1-4-5-20-27-22(26-13-16-8-10-18(32-3)11-9-16)21-23(28-20)29(24(31)30(21)33)14-17-7-6-15(2)19(25)12-17/h6-12,33H,4-5,13-14H2,1-3H3,(H,26,27,28). The van der Waals surface area contributed by atoms with Crippen molar-refractivity contribution >= 4 is 41.4 Å². The van der Waals surface area contributed by atoms with Crippen LogP contribution in [0.1, 0.15) is 35.9 Å². The minimum Gasteiger partial charge on any atom is -0.497 e. The monoisotopic (exact) mass is 483 g/mol. The zero-order chi connectivity index (χ0) is 23.5. The van der Waals surface area contributed by atoms with E-state index in [2.05, 4.69) is 25.1 Å². The summed E-state index contributed by atoms with van der Waals surface area (Å²) in [5.74, 6) is 2.05. The van der Waals surface area contributed by atoms with Crippen LogP contribution < -0.4 is 15.7 Å². The van der Waals surface area contributed by atoms with E-state index in [0.29, 0.717) is 47.3 Å². The average molecular weight is 484 g/mol. The van der Waals surface area contributed by atoms with Gasteiger partial charge in [-0.25, -0.2) is 18.7 Å². The van der Waals surface area contributed by atoms with Crippen molar-refractivity contribution in [2.24, 2.45) is 0 Å². The molecule has 0 aliphatic carbocycles. The summed E-state index contributed by atoms with van der Waals surface area (Å²) in [6.07, 6.45) is 1.60. The molecule has 0 bridgehead atoms. The second kappa shape index (κ2) is 9.89. The van der Waals surface area contributed by atoms with E-state index in [1.807, 2.05) is 49.4 Å². The van der Waals surface area contributed by atoms with Crippen molar-refractivity contribution in [3.05, 3.63) is 80.5 Å². The highest BCUT2D eigenvalue weighted by Gasteiger charge is 2.19. The Kier molecular flexibility index (Phi) is 6.95. The Hall–Kier alpha value is -2.97. The number of aryl methyl sites for hydroxylation is 2. The fourth-order valence-corrected chi connectivity index (χ4v) is 4.11. The van der Waals surface area contributed by atoms with E-state index in [9.17, 15) is 4.79 Å². The lowest BCUT2D eigenvalue weighted by Crippen LogP contribution is -2.21. The first-order valence-corrected chi connectivity index (χ1v) is 11.5. The predicted molar refractivity (Wildman–Crippen MR) is 136 cm³/mol. The van der Waals surface area contributed by atoms with Gasteiger partial charge in [0.05, 0.1) is 13.7 Å². The van der Waals surface area contributed by atoms with Crippen molar-refractivity contribution < 1.29 is 4.74 Å². The van der Waals surface area contributed by atoms with Gasteiger partial charge in [0.15, 0.2) is 11.5 Å². The number of thiol groups is 1. The predicted octanol–water partition coefficient (Wildman–Crippen LogP) is 4.87. The van der Waals surface area contributed by atoms with E-state index >= 15 is 0 Å². The van der Waals surface area contributed by atoms with Gasteiger partial charge >= 0.3 is 5.69 Å². The Morgan fingerprint density at radius 3 is 2.52 bits per heavy atom. The summed E-state index contributed by atoms with van der Waals surface area (Å²) >= 11 is 10.8. The first-order valence-electron chi connectivity index (χ1n) is 10.7. The van der Waals surface area contributed by atoms with E-state index in [1.165, 1.54) is 3.97 Å². The van der Waals surface area contributed by atoms with E-state index in [-0.39, 0.29) is 5.69 Å². The minimum absolute atomic E-state index is 0.277. The molecule has 0 saturated heterocycles. The van der Waals surface area contributed by atoms with Crippen molar-refractivity contribution in [2.75, 3.05) is 12.4 Å². The van der Waals surface area contributed by atoms with Crippen molar-refractivity contribution in [1.29, 1.82) is 0 Å².